The van der Waals surface area contributed by atoms with Gasteiger partial charge in [0.05, 0.1) is 35.9 Å². The second-order valence-corrected chi connectivity index (χ2v) is 8.88. The van der Waals surface area contributed by atoms with Crippen molar-refractivity contribution in [1.29, 1.82) is 0 Å². The van der Waals surface area contributed by atoms with E-state index >= 15 is 0 Å². The fourth-order valence-electron chi connectivity index (χ4n) is 4.54. The second-order valence-electron chi connectivity index (χ2n) is 8.88. The molecular formula is C29H23FN6O2. The molecule has 4 heterocycles. The van der Waals surface area contributed by atoms with Crippen molar-refractivity contribution in [2.45, 2.75) is 13.3 Å². The molecule has 0 atom stereocenters. The van der Waals surface area contributed by atoms with Crippen molar-refractivity contribution >= 4 is 33.4 Å². The van der Waals surface area contributed by atoms with Crippen LogP contribution in [0, 0.1) is 5.82 Å². The number of methoxy groups -OCH3 is 1. The van der Waals surface area contributed by atoms with Crippen LogP contribution in [0.2, 0.25) is 0 Å². The fraction of sp³-hybridized carbons (Fsp3) is 0.103. The van der Waals surface area contributed by atoms with Crippen molar-refractivity contribution < 1.29 is 13.9 Å². The number of aromatic amines is 2. The molecule has 38 heavy (non-hydrogen) atoms. The van der Waals surface area contributed by atoms with Crippen LogP contribution in [-0.2, 0) is 4.79 Å². The lowest BCUT2D eigenvalue weighted by Gasteiger charge is -2.07. The molecular weight excluding hydrogens is 483 g/mol. The summed E-state index contributed by atoms with van der Waals surface area (Å²) in [4.78, 5) is 24.1. The smallest absolute Gasteiger partial charge is 0.224 e. The quantitative estimate of drug-likeness (QED) is 0.245. The lowest BCUT2D eigenvalue weighted by Crippen LogP contribution is -2.09. The van der Waals surface area contributed by atoms with Gasteiger partial charge in [0.15, 0.2) is 0 Å². The largest absolute Gasteiger partial charge is 0.497 e. The normalized spacial score (nSPS) is 11.2. The molecule has 3 N–H and O–H groups in total. The Morgan fingerprint density at radius 2 is 1.82 bits per heavy atom. The van der Waals surface area contributed by atoms with Gasteiger partial charge < -0.3 is 15.0 Å². The molecule has 0 aliphatic carbocycles. The summed E-state index contributed by atoms with van der Waals surface area (Å²) in [5, 5.41) is 12.3. The number of hydrogen-bond donors (Lipinski definition) is 3. The third-order valence-electron chi connectivity index (χ3n) is 6.42. The maximum Gasteiger partial charge on any atom is 0.224 e. The Hall–Kier alpha value is -5.05. The van der Waals surface area contributed by atoms with Crippen LogP contribution < -0.4 is 10.1 Å². The Kier molecular flexibility index (Phi) is 5.80. The molecule has 9 heteroatoms. The number of carbonyl (C=O) groups excluding carboxylic acids is 1. The predicted octanol–water partition coefficient (Wildman–Crippen LogP) is 6.33. The number of carbonyl (C=O) groups is 1. The lowest BCUT2D eigenvalue weighted by molar-refractivity contribution is -0.115. The van der Waals surface area contributed by atoms with Gasteiger partial charge in [-0.25, -0.2) is 4.39 Å². The first-order chi connectivity index (χ1) is 18.5. The maximum atomic E-state index is 14.2. The number of hydrogen-bond acceptors (Lipinski definition) is 5. The van der Waals surface area contributed by atoms with E-state index < -0.39 is 5.82 Å². The number of H-pyrrole nitrogens is 2. The van der Waals surface area contributed by atoms with E-state index in [1.165, 1.54) is 19.2 Å². The number of anilines is 1. The van der Waals surface area contributed by atoms with E-state index in [2.05, 4.69) is 30.5 Å². The van der Waals surface area contributed by atoms with Crippen molar-refractivity contribution in [2.75, 3.05) is 12.4 Å². The molecule has 1 amide bonds. The summed E-state index contributed by atoms with van der Waals surface area (Å²) in [7, 11) is 1.51. The molecule has 0 fully saturated rings. The summed E-state index contributed by atoms with van der Waals surface area (Å²) in [6.07, 6.45) is 5.47. The Morgan fingerprint density at radius 1 is 0.947 bits per heavy atom. The molecule has 0 spiro atoms. The molecule has 0 aliphatic heterocycles. The molecule has 0 radical (unpaired) electrons. The predicted molar refractivity (Wildman–Crippen MR) is 145 cm³/mol. The zero-order valence-corrected chi connectivity index (χ0v) is 20.7. The number of ether oxygens (including phenoxy) is 1. The molecule has 0 bridgehead atoms. The Labute approximate surface area is 216 Å². The first-order valence-electron chi connectivity index (χ1n) is 12.1. The van der Waals surface area contributed by atoms with Crippen molar-refractivity contribution in [3.05, 3.63) is 79.0 Å². The second kappa shape index (κ2) is 9.44. The average Bonchev–Trinajstić information content (AvgIpc) is 3.56. The van der Waals surface area contributed by atoms with Crippen molar-refractivity contribution in [3.8, 4) is 39.5 Å². The van der Waals surface area contributed by atoms with Crippen LogP contribution in [0.25, 0.3) is 55.6 Å². The van der Waals surface area contributed by atoms with E-state index in [1.807, 2.05) is 36.4 Å². The van der Waals surface area contributed by atoms with Gasteiger partial charge in [0.2, 0.25) is 5.91 Å². The molecule has 8 nitrogen and oxygen atoms in total. The molecule has 188 valence electrons. The number of nitrogens with one attached hydrogen (secondary N) is 3. The van der Waals surface area contributed by atoms with Gasteiger partial charge in [-0.3, -0.25) is 19.9 Å². The zero-order chi connectivity index (χ0) is 26.2. The van der Waals surface area contributed by atoms with Crippen LogP contribution in [0.15, 0.2) is 73.2 Å². The highest BCUT2D eigenvalue weighted by molar-refractivity contribution is 6.01. The standard InChI is InChI=1S/C29H23FN6O2/c1-3-27(37)33-20-9-18(14-31-15-20)16-4-5-25-22(11-16)29(36-35-25)26-13-23-24(34-26)6-7-32-28(23)17-8-19(30)12-21(10-17)38-2/h4-15,34H,3H2,1-2H3,(H,33,37)(H,35,36). The molecule has 4 aromatic heterocycles. The highest BCUT2D eigenvalue weighted by Gasteiger charge is 2.16. The summed E-state index contributed by atoms with van der Waals surface area (Å²) in [5.74, 6) is -0.0401. The van der Waals surface area contributed by atoms with Gasteiger partial charge in [0.1, 0.15) is 17.3 Å². The number of pyridine rings is 2. The van der Waals surface area contributed by atoms with Gasteiger partial charge in [-0.2, -0.15) is 5.10 Å². The van der Waals surface area contributed by atoms with Gasteiger partial charge >= 0.3 is 0 Å². The van der Waals surface area contributed by atoms with Gasteiger partial charge in [0.25, 0.3) is 0 Å². The minimum absolute atomic E-state index is 0.0686. The topological polar surface area (TPSA) is 109 Å². The molecule has 0 saturated heterocycles. The number of fused-ring (bicyclic) bond motifs is 2. The number of amides is 1. The van der Waals surface area contributed by atoms with Gasteiger partial charge in [-0.05, 0) is 48.0 Å². The zero-order valence-electron chi connectivity index (χ0n) is 20.7. The van der Waals surface area contributed by atoms with E-state index in [1.54, 1.807) is 31.6 Å². The van der Waals surface area contributed by atoms with Crippen LogP contribution in [0.5, 0.6) is 5.75 Å². The maximum absolute atomic E-state index is 14.2. The number of aromatic nitrogens is 5. The highest BCUT2D eigenvalue weighted by Crippen LogP contribution is 2.35. The van der Waals surface area contributed by atoms with E-state index in [-0.39, 0.29) is 5.91 Å². The SMILES string of the molecule is CCC(=O)Nc1cncc(-c2ccc3[nH]nc(-c4cc5c(-c6cc(F)cc(OC)c6)nccc5[nH]4)c3c2)c1. The highest BCUT2D eigenvalue weighted by atomic mass is 19.1. The number of nitrogens with zero attached hydrogens (tertiary/aromatic N) is 3. The molecule has 0 saturated carbocycles. The van der Waals surface area contributed by atoms with Crippen LogP contribution in [0.3, 0.4) is 0 Å². The van der Waals surface area contributed by atoms with E-state index in [0.717, 1.165) is 44.3 Å². The number of benzene rings is 2. The van der Waals surface area contributed by atoms with Gasteiger partial charge in [-0.15, -0.1) is 0 Å². The third kappa shape index (κ3) is 4.24. The summed E-state index contributed by atoms with van der Waals surface area (Å²) in [5.41, 5.74) is 6.97. The summed E-state index contributed by atoms with van der Waals surface area (Å²) in [6, 6.07) is 16.3. The minimum atomic E-state index is -0.396. The molecule has 6 aromatic rings. The van der Waals surface area contributed by atoms with Crippen LogP contribution in [0.1, 0.15) is 13.3 Å². The van der Waals surface area contributed by atoms with Crippen molar-refractivity contribution in [2.24, 2.45) is 0 Å². The summed E-state index contributed by atoms with van der Waals surface area (Å²) < 4.78 is 19.5. The first kappa shape index (κ1) is 23.4. The van der Waals surface area contributed by atoms with Gasteiger partial charge in [0, 0.05) is 52.3 Å². The average molecular weight is 507 g/mol. The van der Waals surface area contributed by atoms with E-state index in [9.17, 15) is 9.18 Å². The minimum Gasteiger partial charge on any atom is -0.497 e. The third-order valence-corrected chi connectivity index (χ3v) is 6.42. The molecule has 0 unspecified atom stereocenters. The van der Waals surface area contributed by atoms with Crippen LogP contribution in [-0.4, -0.2) is 38.2 Å². The molecule has 0 aliphatic rings. The van der Waals surface area contributed by atoms with Crippen molar-refractivity contribution in [1.82, 2.24) is 25.1 Å². The number of halogens is 1. The monoisotopic (exact) mass is 506 g/mol. The first-order valence-corrected chi connectivity index (χ1v) is 12.1. The Morgan fingerprint density at radius 3 is 2.66 bits per heavy atom. The van der Waals surface area contributed by atoms with Gasteiger partial charge in [-0.1, -0.05) is 13.0 Å². The summed E-state index contributed by atoms with van der Waals surface area (Å²) in [6.45, 7) is 1.80. The van der Waals surface area contributed by atoms with E-state index in [4.69, 9.17) is 4.74 Å². The number of rotatable bonds is 6. The van der Waals surface area contributed by atoms with Crippen LogP contribution in [0.4, 0.5) is 10.1 Å². The Balaban J connectivity index is 1.43. The van der Waals surface area contributed by atoms with Crippen LogP contribution >= 0.6 is 0 Å². The Bertz CT molecular complexity index is 1820. The van der Waals surface area contributed by atoms with E-state index in [0.29, 0.717) is 29.1 Å². The molecule has 2 aromatic carbocycles. The lowest BCUT2D eigenvalue weighted by atomic mass is 10.0. The summed E-state index contributed by atoms with van der Waals surface area (Å²) >= 11 is 0. The fourth-order valence-corrected chi connectivity index (χ4v) is 4.54. The van der Waals surface area contributed by atoms with Crippen molar-refractivity contribution in [3.63, 3.8) is 0 Å². The molecule has 6 rings (SSSR count).